The fraction of sp³-hybridized carbons (Fsp3) is 0.438. The third kappa shape index (κ3) is 4.32. The highest BCUT2D eigenvalue weighted by Crippen LogP contribution is 2.17. The summed E-state index contributed by atoms with van der Waals surface area (Å²) in [6, 6.07) is 8.46. The van der Waals surface area contributed by atoms with Crippen LogP contribution in [0.2, 0.25) is 0 Å². The van der Waals surface area contributed by atoms with Crippen molar-refractivity contribution < 1.29 is 4.74 Å². The summed E-state index contributed by atoms with van der Waals surface area (Å²) in [5, 5.41) is 4.61. The molecule has 3 nitrogen and oxygen atoms in total. The molecule has 20 heavy (non-hydrogen) atoms. The van der Waals surface area contributed by atoms with Gasteiger partial charge in [-0.2, -0.15) is 0 Å². The van der Waals surface area contributed by atoms with Crippen LogP contribution in [0.3, 0.4) is 0 Å². The summed E-state index contributed by atoms with van der Waals surface area (Å²) in [7, 11) is 0. The van der Waals surface area contributed by atoms with Gasteiger partial charge in [-0.25, -0.2) is 4.98 Å². The van der Waals surface area contributed by atoms with Gasteiger partial charge in [-0.3, -0.25) is 0 Å². The van der Waals surface area contributed by atoms with Gasteiger partial charge in [0.1, 0.15) is 12.4 Å². The second kappa shape index (κ2) is 6.86. The first-order chi connectivity index (χ1) is 9.54. The number of nitrogens with one attached hydrogen (secondary N) is 1. The van der Waals surface area contributed by atoms with E-state index in [1.807, 2.05) is 19.1 Å². The Morgan fingerprint density at radius 2 is 1.90 bits per heavy atom. The van der Waals surface area contributed by atoms with Crippen molar-refractivity contribution in [2.75, 3.05) is 6.61 Å². The van der Waals surface area contributed by atoms with Gasteiger partial charge in [-0.05, 0) is 39.8 Å². The standard InChI is InChI=1S/C16H22N2OS/c1-11-5-7-15(8-6-11)19-10-12(2)17-9-16-13(3)18-14(4)20-16/h5-8,12,17H,9-10H2,1-4H3. The summed E-state index contributed by atoms with van der Waals surface area (Å²) >= 11 is 1.76. The van der Waals surface area contributed by atoms with E-state index in [1.54, 1.807) is 11.3 Å². The lowest BCUT2D eigenvalue weighted by Crippen LogP contribution is -2.31. The Bertz CT molecular complexity index is 548. The van der Waals surface area contributed by atoms with Crippen LogP contribution < -0.4 is 10.1 Å². The highest BCUT2D eigenvalue weighted by Gasteiger charge is 2.07. The van der Waals surface area contributed by atoms with Gasteiger partial charge in [0.05, 0.1) is 10.7 Å². The largest absolute Gasteiger partial charge is 0.492 e. The van der Waals surface area contributed by atoms with E-state index < -0.39 is 0 Å². The molecule has 2 aromatic rings. The lowest BCUT2D eigenvalue weighted by atomic mass is 10.2. The van der Waals surface area contributed by atoms with Crippen LogP contribution in [0.4, 0.5) is 0 Å². The highest BCUT2D eigenvalue weighted by atomic mass is 32.1. The van der Waals surface area contributed by atoms with E-state index in [-0.39, 0.29) is 0 Å². The van der Waals surface area contributed by atoms with Gasteiger partial charge in [0.25, 0.3) is 0 Å². The summed E-state index contributed by atoms with van der Waals surface area (Å²) in [6.07, 6.45) is 0. The number of thiazole rings is 1. The lowest BCUT2D eigenvalue weighted by Gasteiger charge is -2.14. The Balaban J connectivity index is 1.76. The maximum atomic E-state index is 5.77. The highest BCUT2D eigenvalue weighted by molar-refractivity contribution is 7.11. The number of rotatable bonds is 6. The number of benzene rings is 1. The van der Waals surface area contributed by atoms with Gasteiger partial charge >= 0.3 is 0 Å². The van der Waals surface area contributed by atoms with Crippen molar-refractivity contribution in [2.24, 2.45) is 0 Å². The molecule has 0 fully saturated rings. The van der Waals surface area contributed by atoms with Crippen LogP contribution in [0.1, 0.15) is 28.1 Å². The molecule has 0 spiro atoms. The second-order valence-corrected chi connectivity index (χ2v) is 6.44. The Labute approximate surface area is 125 Å². The van der Waals surface area contributed by atoms with Gasteiger partial charge in [0.15, 0.2) is 0 Å². The lowest BCUT2D eigenvalue weighted by molar-refractivity contribution is 0.273. The second-order valence-electron chi connectivity index (χ2n) is 5.15. The maximum Gasteiger partial charge on any atom is 0.119 e. The minimum Gasteiger partial charge on any atom is -0.492 e. The summed E-state index contributed by atoms with van der Waals surface area (Å²) in [5.41, 5.74) is 2.38. The van der Waals surface area contributed by atoms with Crippen LogP contribution in [0.5, 0.6) is 5.75 Å². The predicted molar refractivity (Wildman–Crippen MR) is 84.6 cm³/mol. The molecule has 4 heteroatoms. The number of hydrogen-bond donors (Lipinski definition) is 1. The van der Waals surface area contributed by atoms with Crippen LogP contribution in [-0.4, -0.2) is 17.6 Å². The van der Waals surface area contributed by atoms with Gasteiger partial charge in [-0.1, -0.05) is 17.7 Å². The molecular formula is C16H22N2OS. The topological polar surface area (TPSA) is 34.1 Å². The first kappa shape index (κ1) is 15.0. The van der Waals surface area contributed by atoms with E-state index in [1.165, 1.54) is 10.4 Å². The summed E-state index contributed by atoms with van der Waals surface area (Å²) < 4.78 is 5.77. The van der Waals surface area contributed by atoms with Crippen molar-refractivity contribution in [3.63, 3.8) is 0 Å². The van der Waals surface area contributed by atoms with E-state index >= 15 is 0 Å². The summed E-state index contributed by atoms with van der Waals surface area (Å²) in [4.78, 5) is 5.75. The molecule has 0 aliphatic carbocycles. The summed E-state index contributed by atoms with van der Waals surface area (Å²) in [5.74, 6) is 0.925. The molecule has 0 aliphatic heterocycles. The first-order valence-corrected chi connectivity index (χ1v) is 7.72. The van der Waals surface area contributed by atoms with Crippen LogP contribution in [-0.2, 0) is 6.54 Å². The van der Waals surface area contributed by atoms with Gasteiger partial charge in [0.2, 0.25) is 0 Å². The molecular weight excluding hydrogens is 268 g/mol. The van der Waals surface area contributed by atoms with Crippen molar-refractivity contribution in [2.45, 2.75) is 40.3 Å². The Morgan fingerprint density at radius 3 is 2.50 bits per heavy atom. The molecule has 0 aliphatic rings. The zero-order chi connectivity index (χ0) is 14.5. The molecule has 1 unspecified atom stereocenters. The molecule has 1 atom stereocenters. The molecule has 0 saturated carbocycles. The zero-order valence-electron chi connectivity index (χ0n) is 12.6. The van der Waals surface area contributed by atoms with E-state index in [4.69, 9.17) is 4.74 Å². The average molecular weight is 290 g/mol. The van der Waals surface area contributed by atoms with Gasteiger partial charge in [0, 0.05) is 17.5 Å². The number of nitrogens with zero attached hydrogens (tertiary/aromatic N) is 1. The molecule has 1 heterocycles. The molecule has 1 aromatic carbocycles. The number of aromatic nitrogens is 1. The first-order valence-electron chi connectivity index (χ1n) is 6.90. The van der Waals surface area contributed by atoms with Crippen molar-refractivity contribution in [3.05, 3.63) is 45.4 Å². The molecule has 2 rings (SSSR count). The minimum absolute atomic E-state index is 0.304. The molecule has 0 amide bonds. The minimum atomic E-state index is 0.304. The third-order valence-corrected chi connectivity index (χ3v) is 4.20. The molecule has 1 N–H and O–H groups in total. The van der Waals surface area contributed by atoms with Crippen LogP contribution in [0.15, 0.2) is 24.3 Å². The van der Waals surface area contributed by atoms with Crippen molar-refractivity contribution >= 4 is 11.3 Å². The normalized spacial score (nSPS) is 12.4. The number of ether oxygens (including phenoxy) is 1. The van der Waals surface area contributed by atoms with Crippen LogP contribution >= 0.6 is 11.3 Å². The Kier molecular flexibility index (Phi) is 5.15. The molecule has 108 valence electrons. The van der Waals surface area contributed by atoms with E-state index in [0.717, 1.165) is 23.0 Å². The Hall–Kier alpha value is -1.39. The summed E-state index contributed by atoms with van der Waals surface area (Å²) in [6.45, 7) is 9.85. The smallest absolute Gasteiger partial charge is 0.119 e. The van der Waals surface area contributed by atoms with Crippen molar-refractivity contribution in [1.29, 1.82) is 0 Å². The molecule has 0 bridgehead atoms. The Morgan fingerprint density at radius 1 is 1.20 bits per heavy atom. The molecule has 0 radical (unpaired) electrons. The third-order valence-electron chi connectivity index (χ3n) is 3.13. The van der Waals surface area contributed by atoms with E-state index in [0.29, 0.717) is 12.6 Å². The van der Waals surface area contributed by atoms with Crippen LogP contribution in [0.25, 0.3) is 0 Å². The van der Waals surface area contributed by atoms with Gasteiger partial charge in [-0.15, -0.1) is 11.3 Å². The predicted octanol–water partition coefficient (Wildman–Crippen LogP) is 3.63. The van der Waals surface area contributed by atoms with E-state index in [2.05, 4.69) is 43.2 Å². The van der Waals surface area contributed by atoms with Gasteiger partial charge < -0.3 is 10.1 Å². The monoisotopic (exact) mass is 290 g/mol. The number of hydrogen-bond acceptors (Lipinski definition) is 4. The molecule has 0 saturated heterocycles. The van der Waals surface area contributed by atoms with Crippen molar-refractivity contribution in [1.82, 2.24) is 10.3 Å². The number of aryl methyl sites for hydroxylation is 3. The van der Waals surface area contributed by atoms with Crippen molar-refractivity contribution in [3.8, 4) is 5.75 Å². The maximum absolute atomic E-state index is 5.77. The fourth-order valence-corrected chi connectivity index (χ4v) is 2.81. The quantitative estimate of drug-likeness (QED) is 0.882. The zero-order valence-corrected chi connectivity index (χ0v) is 13.4. The van der Waals surface area contributed by atoms with E-state index in [9.17, 15) is 0 Å². The van der Waals surface area contributed by atoms with Crippen LogP contribution in [0, 0.1) is 20.8 Å². The molecule has 1 aromatic heterocycles. The average Bonchev–Trinajstić information content (AvgIpc) is 2.74. The SMILES string of the molecule is Cc1ccc(OCC(C)NCc2sc(C)nc2C)cc1. The fourth-order valence-electron chi connectivity index (χ4n) is 1.92.